The summed E-state index contributed by atoms with van der Waals surface area (Å²) in [5, 5.41) is 3.28. The highest BCUT2D eigenvalue weighted by molar-refractivity contribution is 7.92. The first kappa shape index (κ1) is 23.4. The van der Waals surface area contributed by atoms with Crippen molar-refractivity contribution in [2.75, 3.05) is 28.6 Å². The number of anilines is 2. The molecule has 8 heteroatoms. The molecule has 0 bridgehead atoms. The van der Waals surface area contributed by atoms with Crippen LogP contribution in [0.5, 0.6) is 0 Å². The van der Waals surface area contributed by atoms with E-state index in [1.54, 1.807) is 32.0 Å². The predicted molar refractivity (Wildman–Crippen MR) is 127 cm³/mol. The number of nitrogens with zero attached hydrogens (tertiary/aromatic N) is 2. The first-order valence-corrected chi connectivity index (χ1v) is 12.8. The van der Waals surface area contributed by atoms with Crippen LogP contribution in [-0.2, 0) is 21.4 Å². The lowest BCUT2D eigenvalue weighted by atomic mass is 10.1. The Hall–Kier alpha value is -2.25. The molecular weight excluding hydrogens is 434 g/mol. The van der Waals surface area contributed by atoms with Crippen LogP contribution in [0.4, 0.5) is 11.4 Å². The Morgan fingerprint density at radius 2 is 1.77 bits per heavy atom. The van der Waals surface area contributed by atoms with Crippen LogP contribution in [0.25, 0.3) is 0 Å². The number of sulfonamides is 1. The fourth-order valence-electron chi connectivity index (χ4n) is 3.91. The molecule has 1 atom stereocenters. The van der Waals surface area contributed by atoms with E-state index in [0.717, 1.165) is 34.8 Å². The summed E-state index contributed by atoms with van der Waals surface area (Å²) < 4.78 is 26.1. The van der Waals surface area contributed by atoms with Gasteiger partial charge in [-0.1, -0.05) is 29.8 Å². The molecule has 0 spiro atoms. The van der Waals surface area contributed by atoms with E-state index in [-0.39, 0.29) is 5.91 Å². The third-order valence-electron chi connectivity index (χ3n) is 5.62. The lowest BCUT2D eigenvalue weighted by Gasteiger charge is -2.30. The summed E-state index contributed by atoms with van der Waals surface area (Å²) in [6, 6.07) is 12.3. The zero-order valence-electron chi connectivity index (χ0n) is 18.3. The summed E-state index contributed by atoms with van der Waals surface area (Å²) >= 11 is 6.08. The summed E-state index contributed by atoms with van der Waals surface area (Å²) in [7, 11) is -3.69. The van der Waals surface area contributed by atoms with Crippen LogP contribution in [0, 0.1) is 6.92 Å². The van der Waals surface area contributed by atoms with Crippen molar-refractivity contribution in [3.63, 3.8) is 0 Å². The van der Waals surface area contributed by atoms with E-state index in [2.05, 4.69) is 22.3 Å². The van der Waals surface area contributed by atoms with Gasteiger partial charge in [0, 0.05) is 30.3 Å². The number of benzene rings is 2. The average molecular weight is 464 g/mol. The molecule has 1 saturated heterocycles. The largest absolute Gasteiger partial charge is 0.372 e. The first-order chi connectivity index (χ1) is 14.7. The van der Waals surface area contributed by atoms with Crippen molar-refractivity contribution in [1.29, 1.82) is 0 Å². The number of amides is 1. The van der Waals surface area contributed by atoms with Crippen LogP contribution < -0.4 is 14.5 Å². The van der Waals surface area contributed by atoms with Gasteiger partial charge in [-0.05, 0) is 68.5 Å². The molecule has 1 heterocycles. The van der Waals surface area contributed by atoms with Gasteiger partial charge in [0.25, 0.3) is 0 Å². The lowest BCUT2D eigenvalue weighted by Crippen LogP contribution is -2.48. The number of carbonyl (C=O) groups is 1. The van der Waals surface area contributed by atoms with Crippen molar-refractivity contribution in [2.45, 2.75) is 45.7 Å². The minimum atomic E-state index is -3.69. The topological polar surface area (TPSA) is 69.7 Å². The lowest BCUT2D eigenvalue weighted by molar-refractivity contribution is -0.122. The van der Waals surface area contributed by atoms with Crippen molar-refractivity contribution in [2.24, 2.45) is 0 Å². The van der Waals surface area contributed by atoms with Gasteiger partial charge in [0.2, 0.25) is 15.9 Å². The third-order valence-corrected chi connectivity index (χ3v) is 7.08. The highest BCUT2D eigenvalue weighted by atomic mass is 35.5. The molecular formula is C23H30ClN3O3S. The summed E-state index contributed by atoms with van der Waals surface area (Å²) in [5.41, 5.74) is 3.29. The Labute approximate surface area is 190 Å². The molecule has 6 nitrogen and oxygen atoms in total. The predicted octanol–water partition coefficient (Wildman–Crippen LogP) is 4.11. The minimum absolute atomic E-state index is 0.329. The fourth-order valence-corrected chi connectivity index (χ4v) is 5.31. The first-order valence-electron chi connectivity index (χ1n) is 10.5. The van der Waals surface area contributed by atoms with Crippen LogP contribution in [0.1, 0.15) is 37.3 Å². The number of hydrogen-bond donors (Lipinski definition) is 1. The quantitative estimate of drug-likeness (QED) is 0.670. The minimum Gasteiger partial charge on any atom is -0.372 e. The van der Waals surface area contributed by atoms with Crippen LogP contribution in [0.15, 0.2) is 42.5 Å². The smallest absolute Gasteiger partial charge is 0.243 e. The van der Waals surface area contributed by atoms with E-state index in [1.807, 2.05) is 12.1 Å². The van der Waals surface area contributed by atoms with Crippen LogP contribution in [0.2, 0.25) is 5.02 Å². The molecule has 0 aromatic heterocycles. The van der Waals surface area contributed by atoms with Gasteiger partial charge in [-0.2, -0.15) is 0 Å². The number of carbonyl (C=O) groups excluding carboxylic acids is 1. The van der Waals surface area contributed by atoms with Gasteiger partial charge in [-0.25, -0.2) is 8.42 Å². The van der Waals surface area contributed by atoms with E-state index in [0.29, 0.717) is 17.3 Å². The summed E-state index contributed by atoms with van der Waals surface area (Å²) in [5.74, 6) is -0.370. The number of hydrogen-bond acceptors (Lipinski definition) is 4. The van der Waals surface area contributed by atoms with Gasteiger partial charge in [-0.3, -0.25) is 9.10 Å². The summed E-state index contributed by atoms with van der Waals surface area (Å²) in [6.45, 7) is 5.86. The molecule has 0 saturated carbocycles. The second kappa shape index (κ2) is 9.92. The zero-order chi connectivity index (χ0) is 22.6. The number of aryl methyl sites for hydroxylation is 1. The molecule has 0 radical (unpaired) electrons. The van der Waals surface area contributed by atoms with Crippen molar-refractivity contribution >= 4 is 38.9 Å². The highest BCUT2D eigenvalue weighted by Gasteiger charge is 2.30. The van der Waals surface area contributed by atoms with Gasteiger partial charge < -0.3 is 10.2 Å². The Morgan fingerprint density at radius 1 is 1.13 bits per heavy atom. The molecule has 168 valence electrons. The second-order valence-electron chi connectivity index (χ2n) is 8.10. The van der Waals surface area contributed by atoms with E-state index in [1.165, 1.54) is 24.9 Å². The Bertz CT molecular complexity index is 1020. The molecule has 1 unspecified atom stereocenters. The number of halogens is 1. The SMILES string of the molecule is Cc1ccc(Cl)cc1N(C(C)C(=O)NCc1ccc(N2CCCCC2)cc1)S(C)(=O)=O. The fraction of sp³-hybridized carbons (Fsp3) is 0.435. The van der Waals surface area contributed by atoms with E-state index in [4.69, 9.17) is 11.6 Å². The molecule has 3 rings (SSSR count). The zero-order valence-corrected chi connectivity index (χ0v) is 19.8. The molecule has 2 aromatic carbocycles. The molecule has 1 fully saturated rings. The van der Waals surface area contributed by atoms with E-state index in [9.17, 15) is 13.2 Å². The van der Waals surface area contributed by atoms with Gasteiger partial charge in [0.1, 0.15) is 6.04 Å². The van der Waals surface area contributed by atoms with E-state index >= 15 is 0 Å². The molecule has 1 N–H and O–H groups in total. The maximum absolute atomic E-state index is 12.8. The second-order valence-corrected chi connectivity index (χ2v) is 10.4. The molecule has 2 aromatic rings. The van der Waals surface area contributed by atoms with Gasteiger partial charge in [0.15, 0.2) is 0 Å². The number of nitrogens with one attached hydrogen (secondary N) is 1. The van der Waals surface area contributed by atoms with Gasteiger partial charge >= 0.3 is 0 Å². The summed E-state index contributed by atoms with van der Waals surface area (Å²) in [4.78, 5) is 15.2. The van der Waals surface area contributed by atoms with Crippen molar-refractivity contribution in [1.82, 2.24) is 5.32 Å². The standard InChI is InChI=1S/C23H30ClN3O3S/c1-17-7-10-20(24)15-22(17)27(31(3,29)30)18(2)23(28)25-16-19-8-11-21(12-9-19)26-13-5-4-6-14-26/h7-12,15,18H,4-6,13-14,16H2,1-3H3,(H,25,28). The Morgan fingerprint density at radius 3 is 2.39 bits per heavy atom. The summed E-state index contributed by atoms with van der Waals surface area (Å²) in [6.07, 6.45) is 4.83. The van der Waals surface area contributed by atoms with Crippen molar-refractivity contribution in [3.8, 4) is 0 Å². The van der Waals surface area contributed by atoms with Crippen LogP contribution in [0.3, 0.4) is 0 Å². The highest BCUT2D eigenvalue weighted by Crippen LogP contribution is 2.28. The van der Waals surface area contributed by atoms with Crippen molar-refractivity contribution in [3.05, 3.63) is 58.6 Å². The average Bonchev–Trinajstić information content (AvgIpc) is 2.74. The molecule has 1 aliphatic rings. The Balaban J connectivity index is 1.69. The third kappa shape index (κ3) is 5.92. The van der Waals surface area contributed by atoms with Gasteiger partial charge in [0.05, 0.1) is 11.9 Å². The van der Waals surface area contributed by atoms with Crippen LogP contribution in [-0.4, -0.2) is 39.7 Å². The number of piperidine rings is 1. The maximum atomic E-state index is 12.8. The molecule has 1 aliphatic heterocycles. The normalized spacial score (nSPS) is 15.4. The molecule has 31 heavy (non-hydrogen) atoms. The molecule has 1 amide bonds. The number of rotatable bonds is 7. The molecule has 0 aliphatic carbocycles. The monoisotopic (exact) mass is 463 g/mol. The van der Waals surface area contributed by atoms with Crippen molar-refractivity contribution < 1.29 is 13.2 Å². The van der Waals surface area contributed by atoms with Crippen LogP contribution >= 0.6 is 11.6 Å². The Kier molecular flexibility index (Phi) is 7.49. The van der Waals surface area contributed by atoms with E-state index < -0.39 is 16.1 Å². The van der Waals surface area contributed by atoms with Gasteiger partial charge in [-0.15, -0.1) is 0 Å². The maximum Gasteiger partial charge on any atom is 0.243 e.